The van der Waals surface area contributed by atoms with Gasteiger partial charge in [-0.15, -0.1) is 0 Å². The molecule has 0 aromatic rings. The third-order valence-corrected chi connectivity index (χ3v) is 9.91. The van der Waals surface area contributed by atoms with Crippen molar-refractivity contribution >= 4 is 0 Å². The summed E-state index contributed by atoms with van der Waals surface area (Å²) < 4.78 is 0. The lowest BCUT2D eigenvalue weighted by atomic mass is 9.56. The van der Waals surface area contributed by atoms with Crippen molar-refractivity contribution in [3.63, 3.8) is 0 Å². The molecule has 2 aliphatic carbocycles. The van der Waals surface area contributed by atoms with Crippen molar-refractivity contribution in [3.05, 3.63) is 11.1 Å². The molecule has 0 aromatic carbocycles. The first kappa shape index (κ1) is 25.0. The van der Waals surface area contributed by atoms with Gasteiger partial charge < -0.3 is 0 Å². The summed E-state index contributed by atoms with van der Waals surface area (Å²) in [7, 11) is 0. The van der Waals surface area contributed by atoms with Crippen LogP contribution in [0, 0.1) is 47.3 Å². The maximum atomic E-state index is 2.55. The van der Waals surface area contributed by atoms with E-state index in [-0.39, 0.29) is 0 Å². The number of allylic oxidation sites excluding steroid dienone is 2. The predicted octanol–water partition coefficient (Wildman–Crippen LogP) is 9.69. The maximum absolute atomic E-state index is 2.55. The average molecular weight is 403 g/mol. The topological polar surface area (TPSA) is 0 Å². The van der Waals surface area contributed by atoms with E-state index in [1.807, 2.05) is 0 Å². The number of rotatable bonds is 13. The summed E-state index contributed by atoms with van der Waals surface area (Å²) >= 11 is 0. The minimum atomic E-state index is 0.951. The van der Waals surface area contributed by atoms with E-state index in [0.29, 0.717) is 0 Å². The molecule has 2 rings (SSSR count). The maximum Gasteiger partial charge on any atom is -0.0318 e. The Bertz CT molecular complexity index is 500. The van der Waals surface area contributed by atoms with Crippen LogP contribution in [0.5, 0.6) is 0 Å². The van der Waals surface area contributed by atoms with Crippen molar-refractivity contribution in [3.8, 4) is 0 Å². The summed E-state index contributed by atoms with van der Waals surface area (Å²) in [5, 5.41) is 0. The predicted molar refractivity (Wildman–Crippen MR) is 131 cm³/mol. The van der Waals surface area contributed by atoms with E-state index >= 15 is 0 Å². The van der Waals surface area contributed by atoms with Crippen LogP contribution in [0.1, 0.15) is 126 Å². The fourth-order valence-electron chi connectivity index (χ4n) is 6.78. The van der Waals surface area contributed by atoms with Gasteiger partial charge in [0.1, 0.15) is 0 Å². The van der Waals surface area contributed by atoms with Crippen LogP contribution in [-0.2, 0) is 0 Å². The SMILES string of the molecule is CCCCC(C)=C(C)CCC(C(CC)CCC1CC(CC)C1C)C1CC(C)C1C. The van der Waals surface area contributed by atoms with Crippen molar-refractivity contribution in [2.75, 3.05) is 0 Å². The Hall–Kier alpha value is -0.260. The van der Waals surface area contributed by atoms with Gasteiger partial charge >= 0.3 is 0 Å². The zero-order chi connectivity index (χ0) is 21.6. The summed E-state index contributed by atoms with van der Waals surface area (Å²) in [5.74, 6) is 7.90. The Morgan fingerprint density at radius 2 is 1.52 bits per heavy atom. The number of hydrogen-bond acceptors (Lipinski definition) is 0. The summed E-state index contributed by atoms with van der Waals surface area (Å²) in [6.45, 7) is 19.6. The van der Waals surface area contributed by atoms with Crippen LogP contribution in [0.4, 0.5) is 0 Å². The molecule has 0 saturated heterocycles. The average Bonchev–Trinajstić information content (AvgIpc) is 2.73. The Morgan fingerprint density at radius 1 is 0.828 bits per heavy atom. The van der Waals surface area contributed by atoms with Crippen LogP contribution in [0.3, 0.4) is 0 Å². The second-order valence-corrected chi connectivity index (χ2v) is 11.4. The molecule has 8 atom stereocenters. The van der Waals surface area contributed by atoms with Crippen LogP contribution in [0.25, 0.3) is 0 Å². The lowest BCUT2D eigenvalue weighted by Crippen LogP contribution is -2.41. The van der Waals surface area contributed by atoms with Crippen LogP contribution >= 0.6 is 0 Å². The van der Waals surface area contributed by atoms with Crippen molar-refractivity contribution in [2.45, 2.75) is 126 Å². The second-order valence-electron chi connectivity index (χ2n) is 11.4. The largest absolute Gasteiger partial charge is 0.0744 e. The van der Waals surface area contributed by atoms with Crippen LogP contribution in [0.15, 0.2) is 11.1 Å². The molecular formula is C29H54. The summed E-state index contributed by atoms with van der Waals surface area (Å²) in [6, 6.07) is 0. The van der Waals surface area contributed by atoms with Gasteiger partial charge in [0, 0.05) is 0 Å². The minimum Gasteiger partial charge on any atom is -0.0744 e. The van der Waals surface area contributed by atoms with E-state index in [0.717, 1.165) is 47.3 Å². The first-order chi connectivity index (χ1) is 13.8. The smallest absolute Gasteiger partial charge is 0.0318 e. The van der Waals surface area contributed by atoms with Gasteiger partial charge in [-0.25, -0.2) is 0 Å². The van der Waals surface area contributed by atoms with E-state index in [9.17, 15) is 0 Å². The van der Waals surface area contributed by atoms with E-state index in [1.165, 1.54) is 70.6 Å². The van der Waals surface area contributed by atoms with Crippen molar-refractivity contribution in [1.82, 2.24) is 0 Å². The Balaban J connectivity index is 1.96. The highest BCUT2D eigenvalue weighted by atomic mass is 14.5. The van der Waals surface area contributed by atoms with E-state index in [1.54, 1.807) is 11.1 Å². The van der Waals surface area contributed by atoms with Crippen molar-refractivity contribution in [2.24, 2.45) is 47.3 Å². The van der Waals surface area contributed by atoms with E-state index in [4.69, 9.17) is 0 Å². The highest BCUT2D eigenvalue weighted by Crippen LogP contribution is 2.51. The second kappa shape index (κ2) is 12.0. The molecule has 2 fully saturated rings. The number of unbranched alkanes of at least 4 members (excludes halogenated alkanes) is 1. The fraction of sp³-hybridized carbons (Fsp3) is 0.931. The van der Waals surface area contributed by atoms with Crippen LogP contribution in [0.2, 0.25) is 0 Å². The molecule has 29 heavy (non-hydrogen) atoms. The zero-order valence-corrected chi connectivity index (χ0v) is 21.4. The zero-order valence-electron chi connectivity index (χ0n) is 21.4. The highest BCUT2D eigenvalue weighted by Gasteiger charge is 2.42. The van der Waals surface area contributed by atoms with Gasteiger partial charge in [0.2, 0.25) is 0 Å². The van der Waals surface area contributed by atoms with Crippen molar-refractivity contribution < 1.29 is 0 Å². The van der Waals surface area contributed by atoms with E-state index in [2.05, 4.69) is 55.4 Å². The van der Waals surface area contributed by atoms with Gasteiger partial charge in [-0.2, -0.15) is 0 Å². The standard InChI is InChI=1S/C29H54/c1-9-12-13-20(4)21(5)14-17-28(29-18-22(6)23(29)7)25(10-2)15-16-27-19-26(11-3)24(27)8/h22-29H,9-19H2,1-8H3. The normalized spacial score (nSPS) is 34.8. The van der Waals surface area contributed by atoms with Gasteiger partial charge in [0.25, 0.3) is 0 Å². The summed E-state index contributed by atoms with van der Waals surface area (Å²) in [6.07, 6.45) is 15.6. The molecule has 0 aromatic heterocycles. The Kier molecular flexibility index (Phi) is 10.3. The third kappa shape index (κ3) is 6.36. The van der Waals surface area contributed by atoms with Gasteiger partial charge in [-0.3, -0.25) is 0 Å². The molecule has 2 aliphatic rings. The molecule has 0 bridgehead atoms. The Morgan fingerprint density at radius 3 is 2.03 bits per heavy atom. The molecule has 0 aliphatic heterocycles. The molecule has 8 unspecified atom stereocenters. The quantitative estimate of drug-likeness (QED) is 0.269. The van der Waals surface area contributed by atoms with Gasteiger partial charge in [-0.1, -0.05) is 72.0 Å². The molecule has 0 heterocycles. The van der Waals surface area contributed by atoms with Gasteiger partial charge in [0.15, 0.2) is 0 Å². The first-order valence-corrected chi connectivity index (χ1v) is 13.5. The van der Waals surface area contributed by atoms with Crippen LogP contribution in [-0.4, -0.2) is 0 Å². The monoisotopic (exact) mass is 402 g/mol. The molecule has 0 heteroatoms. The Labute approximate surface area is 184 Å². The summed E-state index contributed by atoms with van der Waals surface area (Å²) in [4.78, 5) is 0. The van der Waals surface area contributed by atoms with Gasteiger partial charge in [0.05, 0.1) is 0 Å². The van der Waals surface area contributed by atoms with Crippen molar-refractivity contribution in [1.29, 1.82) is 0 Å². The lowest BCUT2D eigenvalue weighted by molar-refractivity contribution is 0.00567. The molecule has 0 amide bonds. The van der Waals surface area contributed by atoms with E-state index < -0.39 is 0 Å². The van der Waals surface area contributed by atoms with Crippen LogP contribution < -0.4 is 0 Å². The molecule has 0 N–H and O–H groups in total. The fourth-order valence-corrected chi connectivity index (χ4v) is 6.78. The third-order valence-electron chi connectivity index (χ3n) is 9.91. The minimum absolute atomic E-state index is 0.951. The molecular weight excluding hydrogens is 348 g/mol. The molecule has 2 saturated carbocycles. The lowest BCUT2D eigenvalue weighted by Gasteiger charge is -2.49. The molecule has 0 radical (unpaired) electrons. The first-order valence-electron chi connectivity index (χ1n) is 13.5. The van der Waals surface area contributed by atoms with Gasteiger partial charge in [-0.05, 0) is 113 Å². The molecule has 170 valence electrons. The highest BCUT2D eigenvalue weighted by molar-refractivity contribution is 5.10. The summed E-state index contributed by atoms with van der Waals surface area (Å²) in [5.41, 5.74) is 3.39. The molecule has 0 nitrogen and oxygen atoms in total. The molecule has 0 spiro atoms. The number of hydrogen-bond donors (Lipinski definition) is 0.